The van der Waals surface area contributed by atoms with Crippen molar-refractivity contribution in [1.82, 2.24) is 15.2 Å². The molecule has 6 nitrogen and oxygen atoms in total. The van der Waals surface area contributed by atoms with Gasteiger partial charge >= 0.3 is 0 Å². The zero-order chi connectivity index (χ0) is 12.1. The van der Waals surface area contributed by atoms with E-state index in [0.717, 1.165) is 12.4 Å². The highest BCUT2D eigenvalue weighted by Gasteiger charge is 2.08. The topological polar surface area (TPSA) is 79.8 Å². The second-order valence-corrected chi connectivity index (χ2v) is 3.99. The Kier molecular flexibility index (Phi) is 3.61. The maximum atomic E-state index is 11.7. The first-order chi connectivity index (χ1) is 8.29. The van der Waals surface area contributed by atoms with Crippen molar-refractivity contribution in [3.8, 4) is 0 Å². The molecule has 0 aliphatic rings. The number of amides is 1. The molecule has 88 valence electrons. The van der Waals surface area contributed by atoms with Crippen molar-refractivity contribution < 1.29 is 4.79 Å². The van der Waals surface area contributed by atoms with E-state index < -0.39 is 0 Å². The third-order valence-corrected chi connectivity index (χ3v) is 2.57. The van der Waals surface area contributed by atoms with E-state index in [1.807, 2.05) is 6.92 Å². The largest absolute Gasteiger partial charge is 0.370 e. The number of rotatable bonds is 4. The monoisotopic (exact) mass is 249 g/mol. The maximum Gasteiger partial charge on any atom is 0.259 e. The summed E-state index contributed by atoms with van der Waals surface area (Å²) in [4.78, 5) is 15.9. The van der Waals surface area contributed by atoms with Gasteiger partial charge in [-0.2, -0.15) is 0 Å². The number of carbonyl (C=O) groups excluding carboxylic acids is 1. The Morgan fingerprint density at radius 2 is 2.35 bits per heavy atom. The number of carbonyl (C=O) groups is 1. The number of nitrogens with one attached hydrogen (secondary N) is 2. The van der Waals surface area contributed by atoms with Crippen molar-refractivity contribution in [2.75, 3.05) is 17.2 Å². The number of pyridine rings is 1. The first-order valence-electron chi connectivity index (χ1n) is 5.07. The first kappa shape index (κ1) is 11.5. The van der Waals surface area contributed by atoms with E-state index in [4.69, 9.17) is 0 Å². The maximum absolute atomic E-state index is 11.7. The lowest BCUT2D eigenvalue weighted by Gasteiger charge is -2.03. The van der Waals surface area contributed by atoms with Gasteiger partial charge in [-0.05, 0) is 19.1 Å². The molecular formula is C10H11N5OS. The summed E-state index contributed by atoms with van der Waals surface area (Å²) < 4.78 is 0. The number of hydrogen-bond acceptors (Lipinski definition) is 6. The van der Waals surface area contributed by atoms with Crippen molar-refractivity contribution in [2.45, 2.75) is 6.92 Å². The third-order valence-electron chi connectivity index (χ3n) is 1.96. The molecule has 2 N–H and O–H groups in total. The van der Waals surface area contributed by atoms with Crippen molar-refractivity contribution >= 4 is 28.2 Å². The van der Waals surface area contributed by atoms with Crippen LogP contribution in [0.5, 0.6) is 0 Å². The lowest BCUT2D eigenvalue weighted by Crippen LogP contribution is -2.12. The number of hydrogen-bond donors (Lipinski definition) is 2. The zero-order valence-corrected chi connectivity index (χ0v) is 9.99. The van der Waals surface area contributed by atoms with E-state index in [1.54, 1.807) is 17.6 Å². The van der Waals surface area contributed by atoms with Crippen LogP contribution in [0.4, 0.5) is 10.9 Å². The Balaban J connectivity index is 2.04. The predicted molar refractivity (Wildman–Crippen MR) is 66.3 cm³/mol. The van der Waals surface area contributed by atoms with E-state index in [2.05, 4.69) is 25.8 Å². The third kappa shape index (κ3) is 2.97. The zero-order valence-electron chi connectivity index (χ0n) is 9.17. The molecule has 0 atom stereocenters. The van der Waals surface area contributed by atoms with Crippen LogP contribution >= 0.6 is 11.3 Å². The summed E-state index contributed by atoms with van der Waals surface area (Å²) >= 11 is 1.27. The Labute approximate surface area is 102 Å². The molecule has 0 saturated carbocycles. The molecule has 0 bridgehead atoms. The average Bonchev–Trinajstić information content (AvgIpc) is 2.83. The molecule has 0 unspecified atom stereocenters. The van der Waals surface area contributed by atoms with E-state index >= 15 is 0 Å². The quantitative estimate of drug-likeness (QED) is 0.860. The molecule has 0 spiro atoms. The van der Waals surface area contributed by atoms with Gasteiger partial charge < -0.3 is 5.32 Å². The Morgan fingerprint density at radius 3 is 2.94 bits per heavy atom. The van der Waals surface area contributed by atoms with Crippen molar-refractivity contribution in [3.05, 3.63) is 29.4 Å². The summed E-state index contributed by atoms with van der Waals surface area (Å²) in [5.74, 6) is 0.511. The van der Waals surface area contributed by atoms with Gasteiger partial charge in [0.15, 0.2) is 0 Å². The number of aromatic nitrogens is 3. The van der Waals surface area contributed by atoms with E-state index in [0.29, 0.717) is 10.7 Å². The highest BCUT2D eigenvalue weighted by Crippen LogP contribution is 2.11. The van der Waals surface area contributed by atoms with Crippen LogP contribution < -0.4 is 10.6 Å². The molecular weight excluding hydrogens is 238 g/mol. The van der Waals surface area contributed by atoms with Crippen LogP contribution in [0, 0.1) is 0 Å². The van der Waals surface area contributed by atoms with Crippen LogP contribution in [0.1, 0.15) is 17.3 Å². The molecule has 2 rings (SSSR count). The van der Waals surface area contributed by atoms with Crippen LogP contribution in [0.25, 0.3) is 0 Å². The van der Waals surface area contributed by atoms with E-state index in [-0.39, 0.29) is 5.91 Å². The molecule has 2 heterocycles. The van der Waals surface area contributed by atoms with Crippen LogP contribution in [0.2, 0.25) is 0 Å². The predicted octanol–water partition coefficient (Wildman–Crippen LogP) is 1.62. The summed E-state index contributed by atoms with van der Waals surface area (Å²) in [7, 11) is 0. The van der Waals surface area contributed by atoms with Crippen LogP contribution in [-0.4, -0.2) is 27.6 Å². The fraction of sp³-hybridized carbons (Fsp3) is 0.200. The molecule has 1 amide bonds. The fourth-order valence-corrected chi connectivity index (χ4v) is 1.65. The van der Waals surface area contributed by atoms with E-state index in [9.17, 15) is 4.79 Å². The summed E-state index contributed by atoms with van der Waals surface area (Å²) in [5, 5.41) is 13.5. The van der Waals surface area contributed by atoms with Gasteiger partial charge in [0.05, 0.1) is 5.56 Å². The van der Waals surface area contributed by atoms with Crippen LogP contribution in [-0.2, 0) is 0 Å². The van der Waals surface area contributed by atoms with Crippen molar-refractivity contribution in [1.29, 1.82) is 0 Å². The minimum Gasteiger partial charge on any atom is -0.370 e. The number of nitrogens with zero attached hydrogens (tertiary/aromatic N) is 3. The molecule has 0 fully saturated rings. The van der Waals surface area contributed by atoms with Gasteiger partial charge in [0.2, 0.25) is 5.13 Å². The molecule has 0 radical (unpaired) electrons. The van der Waals surface area contributed by atoms with Gasteiger partial charge in [0, 0.05) is 12.7 Å². The number of anilines is 2. The Morgan fingerprint density at radius 1 is 1.47 bits per heavy atom. The van der Waals surface area contributed by atoms with Crippen molar-refractivity contribution in [2.24, 2.45) is 0 Å². The minimum absolute atomic E-state index is 0.239. The molecule has 17 heavy (non-hydrogen) atoms. The van der Waals surface area contributed by atoms with Gasteiger partial charge in [0.1, 0.15) is 11.3 Å². The van der Waals surface area contributed by atoms with Gasteiger partial charge in [0.25, 0.3) is 5.91 Å². The molecule has 0 saturated heterocycles. The van der Waals surface area contributed by atoms with Crippen LogP contribution in [0.15, 0.2) is 23.8 Å². The normalized spacial score (nSPS) is 9.94. The fourth-order valence-electron chi connectivity index (χ4n) is 1.21. The summed E-state index contributed by atoms with van der Waals surface area (Å²) in [6.07, 6.45) is 1.52. The summed E-state index contributed by atoms with van der Waals surface area (Å²) in [6, 6.07) is 3.47. The SMILES string of the molecule is CCNc1ccc(C(=O)Nc2nncs2)cn1. The smallest absolute Gasteiger partial charge is 0.259 e. The van der Waals surface area contributed by atoms with Crippen LogP contribution in [0.3, 0.4) is 0 Å². The molecule has 2 aromatic rings. The van der Waals surface area contributed by atoms with Gasteiger partial charge in [-0.25, -0.2) is 4.98 Å². The molecule has 0 aliphatic carbocycles. The lowest BCUT2D eigenvalue weighted by atomic mass is 10.2. The van der Waals surface area contributed by atoms with Gasteiger partial charge in [-0.3, -0.25) is 10.1 Å². The second-order valence-electron chi connectivity index (χ2n) is 3.16. The summed E-state index contributed by atoms with van der Waals surface area (Å²) in [5.41, 5.74) is 2.05. The molecule has 7 heteroatoms. The molecule has 2 aromatic heterocycles. The Bertz CT molecular complexity index is 482. The van der Waals surface area contributed by atoms with Gasteiger partial charge in [-0.1, -0.05) is 11.3 Å². The van der Waals surface area contributed by atoms with E-state index in [1.165, 1.54) is 17.5 Å². The molecule has 0 aliphatic heterocycles. The summed E-state index contributed by atoms with van der Waals surface area (Å²) in [6.45, 7) is 2.78. The van der Waals surface area contributed by atoms with Crippen molar-refractivity contribution in [3.63, 3.8) is 0 Å². The molecule has 0 aromatic carbocycles. The average molecular weight is 249 g/mol. The second kappa shape index (κ2) is 5.35. The standard InChI is InChI=1S/C10H11N5OS/c1-2-11-8-4-3-7(5-12-8)9(16)14-10-15-13-6-17-10/h3-6H,2H2,1H3,(H,11,12)(H,14,15,16). The highest BCUT2D eigenvalue weighted by atomic mass is 32.1. The highest BCUT2D eigenvalue weighted by molar-refractivity contribution is 7.13. The first-order valence-corrected chi connectivity index (χ1v) is 5.95. The van der Waals surface area contributed by atoms with Gasteiger partial charge in [-0.15, -0.1) is 10.2 Å². The Hall–Kier alpha value is -2.02. The lowest BCUT2D eigenvalue weighted by molar-refractivity contribution is 0.102. The minimum atomic E-state index is -0.239.